The van der Waals surface area contributed by atoms with Crippen LogP contribution in [-0.4, -0.2) is 44.8 Å². The predicted octanol–water partition coefficient (Wildman–Crippen LogP) is 4.98. The number of hydrogen-bond acceptors (Lipinski definition) is 5. The lowest BCUT2D eigenvalue weighted by Gasteiger charge is -2.36. The molecule has 2 aromatic heterocycles. The first-order valence-electron chi connectivity index (χ1n) is 11.7. The number of rotatable bonds is 4. The Kier molecular flexibility index (Phi) is 4.87. The quantitative estimate of drug-likeness (QED) is 0.453. The number of aliphatic hydroxyl groups is 1. The number of pyridine rings is 1. The Labute approximate surface area is 204 Å². The zero-order valence-corrected chi connectivity index (χ0v) is 20.4. The van der Waals surface area contributed by atoms with Gasteiger partial charge in [-0.15, -0.1) is 0 Å². The fourth-order valence-corrected chi connectivity index (χ4v) is 5.63. The highest BCUT2D eigenvalue weighted by atomic mass is 35.5. The lowest BCUT2D eigenvalue weighted by Crippen LogP contribution is -2.46. The Morgan fingerprint density at radius 2 is 1.76 bits per heavy atom. The Morgan fingerprint density at radius 1 is 1.00 bits per heavy atom. The van der Waals surface area contributed by atoms with Gasteiger partial charge in [0, 0.05) is 49.2 Å². The lowest BCUT2D eigenvalue weighted by molar-refractivity contribution is 0.0782. The minimum Gasteiger partial charge on any atom is -0.386 e. The van der Waals surface area contributed by atoms with E-state index in [1.165, 1.54) is 5.69 Å². The number of para-hydroxylation sites is 2. The molecular formula is C27H28ClN5O. The van der Waals surface area contributed by atoms with Gasteiger partial charge in [-0.3, -0.25) is 0 Å². The van der Waals surface area contributed by atoms with Crippen molar-refractivity contribution in [1.82, 2.24) is 14.5 Å². The molecule has 6 nitrogen and oxygen atoms in total. The molecule has 174 valence electrons. The summed E-state index contributed by atoms with van der Waals surface area (Å²) in [6.45, 7) is 5.45. The highest BCUT2D eigenvalue weighted by Gasteiger charge is 2.44. The molecular weight excluding hydrogens is 446 g/mol. The maximum absolute atomic E-state index is 10.2. The van der Waals surface area contributed by atoms with E-state index in [9.17, 15) is 5.11 Å². The number of anilines is 2. The van der Waals surface area contributed by atoms with E-state index in [0.29, 0.717) is 17.1 Å². The zero-order valence-electron chi connectivity index (χ0n) is 19.6. The third-order valence-corrected chi connectivity index (χ3v) is 7.63. The van der Waals surface area contributed by atoms with Gasteiger partial charge in [0.25, 0.3) is 0 Å². The van der Waals surface area contributed by atoms with E-state index in [4.69, 9.17) is 16.6 Å². The van der Waals surface area contributed by atoms with Gasteiger partial charge in [-0.2, -0.15) is 0 Å². The van der Waals surface area contributed by atoms with Crippen molar-refractivity contribution in [1.29, 1.82) is 0 Å². The average Bonchev–Trinajstić information content (AvgIpc) is 3.52. The molecule has 0 radical (unpaired) electrons. The van der Waals surface area contributed by atoms with E-state index in [-0.39, 0.29) is 0 Å². The molecule has 0 amide bonds. The molecule has 34 heavy (non-hydrogen) atoms. The van der Waals surface area contributed by atoms with E-state index in [1.807, 2.05) is 43.4 Å². The second-order valence-corrected chi connectivity index (χ2v) is 10.4. The normalized spacial score (nSPS) is 20.0. The second-order valence-electron chi connectivity index (χ2n) is 9.96. The minimum absolute atomic E-state index is 0.417. The van der Waals surface area contributed by atoms with Gasteiger partial charge < -0.3 is 19.5 Å². The van der Waals surface area contributed by atoms with Crippen LogP contribution in [0.15, 0.2) is 60.8 Å². The topological polar surface area (TPSA) is 57.4 Å². The van der Waals surface area contributed by atoms with Crippen LogP contribution in [0.25, 0.3) is 22.4 Å². The highest BCUT2D eigenvalue weighted by Crippen LogP contribution is 2.40. The molecule has 2 bridgehead atoms. The van der Waals surface area contributed by atoms with Gasteiger partial charge in [0.05, 0.1) is 27.7 Å². The Morgan fingerprint density at radius 3 is 2.44 bits per heavy atom. The van der Waals surface area contributed by atoms with Gasteiger partial charge in [0.1, 0.15) is 11.6 Å². The summed E-state index contributed by atoms with van der Waals surface area (Å²) in [5.74, 6) is 1.87. The Balaban J connectivity index is 1.26. The van der Waals surface area contributed by atoms with Crippen LogP contribution in [-0.2, 0) is 12.6 Å². The SMILES string of the molecule is Cn1c(-c2cc(N3C[C@@H]4C[C@H]3CN4c3ccc(C(C)(C)O)cn3)ccc2Cl)nc2ccccc21. The van der Waals surface area contributed by atoms with Crippen molar-refractivity contribution in [3.05, 3.63) is 71.4 Å². The summed E-state index contributed by atoms with van der Waals surface area (Å²) in [7, 11) is 2.04. The van der Waals surface area contributed by atoms with Crippen molar-refractivity contribution < 1.29 is 5.11 Å². The van der Waals surface area contributed by atoms with Crippen molar-refractivity contribution >= 4 is 34.1 Å². The first-order chi connectivity index (χ1) is 16.3. The monoisotopic (exact) mass is 473 g/mol. The molecule has 4 heterocycles. The third-order valence-electron chi connectivity index (χ3n) is 7.30. The highest BCUT2D eigenvalue weighted by molar-refractivity contribution is 6.33. The van der Waals surface area contributed by atoms with Gasteiger partial charge in [0.2, 0.25) is 0 Å². The fraction of sp³-hybridized carbons (Fsp3) is 0.333. The van der Waals surface area contributed by atoms with E-state index in [0.717, 1.165) is 53.3 Å². The second kappa shape index (κ2) is 7.72. The Hall–Kier alpha value is -3.09. The van der Waals surface area contributed by atoms with Crippen molar-refractivity contribution in [2.75, 3.05) is 22.9 Å². The van der Waals surface area contributed by atoms with Gasteiger partial charge >= 0.3 is 0 Å². The molecule has 2 saturated heterocycles. The summed E-state index contributed by atoms with van der Waals surface area (Å²) < 4.78 is 2.11. The molecule has 7 heteroatoms. The smallest absolute Gasteiger partial charge is 0.142 e. The van der Waals surface area contributed by atoms with E-state index in [1.54, 1.807) is 20.0 Å². The summed E-state index contributed by atoms with van der Waals surface area (Å²) >= 11 is 6.66. The molecule has 0 spiro atoms. The molecule has 6 rings (SSSR count). The molecule has 2 aliphatic rings. The van der Waals surface area contributed by atoms with Crippen LogP contribution in [0.1, 0.15) is 25.8 Å². The molecule has 2 atom stereocenters. The number of aryl methyl sites for hydroxylation is 1. The number of halogens is 1. The first-order valence-corrected chi connectivity index (χ1v) is 12.1. The van der Waals surface area contributed by atoms with Crippen LogP contribution in [0.4, 0.5) is 11.5 Å². The molecule has 0 saturated carbocycles. The van der Waals surface area contributed by atoms with E-state index < -0.39 is 5.60 Å². The minimum atomic E-state index is -0.877. The molecule has 2 aliphatic heterocycles. The van der Waals surface area contributed by atoms with E-state index in [2.05, 4.69) is 37.5 Å². The van der Waals surface area contributed by atoms with Crippen molar-refractivity contribution in [3.63, 3.8) is 0 Å². The van der Waals surface area contributed by atoms with Crippen LogP contribution in [0, 0.1) is 0 Å². The van der Waals surface area contributed by atoms with Gasteiger partial charge in [0.15, 0.2) is 0 Å². The summed E-state index contributed by atoms with van der Waals surface area (Å²) in [6, 6.07) is 19.3. The van der Waals surface area contributed by atoms with E-state index >= 15 is 0 Å². The summed E-state index contributed by atoms with van der Waals surface area (Å²) in [5.41, 5.74) is 4.17. The lowest BCUT2D eigenvalue weighted by atomic mass is 10.0. The van der Waals surface area contributed by atoms with Gasteiger partial charge in [-0.1, -0.05) is 29.8 Å². The number of imidazole rings is 1. The zero-order chi connectivity index (χ0) is 23.6. The molecule has 4 aromatic rings. The molecule has 2 fully saturated rings. The van der Waals surface area contributed by atoms with Crippen molar-refractivity contribution in [2.45, 2.75) is 38.0 Å². The van der Waals surface area contributed by atoms with Gasteiger partial charge in [-0.05, 0) is 56.7 Å². The number of nitrogens with zero attached hydrogens (tertiary/aromatic N) is 5. The fourth-order valence-electron chi connectivity index (χ4n) is 5.43. The maximum atomic E-state index is 10.2. The molecule has 2 aromatic carbocycles. The van der Waals surface area contributed by atoms with Crippen LogP contribution >= 0.6 is 11.6 Å². The average molecular weight is 474 g/mol. The van der Waals surface area contributed by atoms with Crippen LogP contribution in [0.5, 0.6) is 0 Å². The molecule has 1 N–H and O–H groups in total. The number of hydrogen-bond donors (Lipinski definition) is 1. The molecule has 0 unspecified atom stereocenters. The maximum Gasteiger partial charge on any atom is 0.142 e. The van der Waals surface area contributed by atoms with Crippen molar-refractivity contribution in [3.8, 4) is 11.4 Å². The van der Waals surface area contributed by atoms with Gasteiger partial charge in [-0.25, -0.2) is 9.97 Å². The Bertz CT molecular complexity index is 1370. The van der Waals surface area contributed by atoms with Crippen LogP contribution < -0.4 is 9.80 Å². The number of fused-ring (bicyclic) bond motifs is 3. The summed E-state index contributed by atoms with van der Waals surface area (Å²) in [4.78, 5) is 14.4. The predicted molar refractivity (Wildman–Crippen MR) is 138 cm³/mol. The standard InChI is InChI=1S/C27H28ClN5O/c1-27(2,34)17-8-11-25(29-14-17)33-16-19-12-20(33)15-32(19)18-9-10-22(28)21(13-18)26-30-23-6-4-5-7-24(23)31(26)3/h4-11,13-14,19-20,34H,12,15-16H2,1-3H3/t19-,20-/m0/s1. The largest absolute Gasteiger partial charge is 0.386 e. The first kappa shape index (κ1) is 21.4. The number of aromatic nitrogens is 3. The van der Waals surface area contributed by atoms with Crippen molar-refractivity contribution in [2.24, 2.45) is 7.05 Å². The summed E-state index contributed by atoms with van der Waals surface area (Å²) in [5, 5.41) is 10.9. The van der Waals surface area contributed by atoms with Crippen LogP contribution in [0.3, 0.4) is 0 Å². The number of piperazine rings is 1. The third kappa shape index (κ3) is 3.44. The molecule has 0 aliphatic carbocycles. The number of benzene rings is 2. The summed E-state index contributed by atoms with van der Waals surface area (Å²) in [6.07, 6.45) is 2.90. The van der Waals surface area contributed by atoms with Crippen LogP contribution in [0.2, 0.25) is 5.02 Å².